The Labute approximate surface area is 154 Å². The number of hydrogen-bond donors (Lipinski definition) is 2. The lowest BCUT2D eigenvalue weighted by Crippen LogP contribution is -2.32. The lowest BCUT2D eigenvalue weighted by molar-refractivity contribution is 0.0523. The molecule has 0 saturated carbocycles. The normalized spacial score (nSPS) is 10.2. The molecule has 0 saturated heterocycles. The first-order valence-electron chi connectivity index (χ1n) is 8.74. The molecule has 1 aromatic carbocycles. The van der Waals surface area contributed by atoms with Gasteiger partial charge in [0.25, 0.3) is 0 Å². The van der Waals surface area contributed by atoms with Crippen LogP contribution < -0.4 is 10.6 Å². The molecule has 5 heteroatoms. The van der Waals surface area contributed by atoms with Crippen molar-refractivity contribution in [2.24, 2.45) is 0 Å². The molecular formula is C20H38N2O3. The van der Waals surface area contributed by atoms with Gasteiger partial charge >= 0.3 is 6.09 Å². The number of carbonyl (C=O) groups excluding carboxylic acids is 1. The van der Waals surface area contributed by atoms with Gasteiger partial charge in [0.1, 0.15) is 5.60 Å². The van der Waals surface area contributed by atoms with Crippen molar-refractivity contribution in [2.75, 3.05) is 19.8 Å². The monoisotopic (exact) mass is 354 g/mol. The highest BCUT2D eigenvalue weighted by molar-refractivity contribution is 5.67. The van der Waals surface area contributed by atoms with E-state index in [4.69, 9.17) is 9.47 Å². The third-order valence-corrected chi connectivity index (χ3v) is 2.82. The van der Waals surface area contributed by atoms with E-state index in [0.717, 1.165) is 31.9 Å². The van der Waals surface area contributed by atoms with Crippen molar-refractivity contribution in [3.63, 3.8) is 0 Å². The van der Waals surface area contributed by atoms with Crippen LogP contribution in [0.2, 0.25) is 0 Å². The van der Waals surface area contributed by atoms with Gasteiger partial charge in [0.2, 0.25) is 0 Å². The zero-order valence-electron chi connectivity index (χ0n) is 16.1. The number of hydrogen-bond acceptors (Lipinski definition) is 4. The molecule has 0 radical (unpaired) electrons. The van der Waals surface area contributed by atoms with Gasteiger partial charge in [-0.25, -0.2) is 4.79 Å². The summed E-state index contributed by atoms with van der Waals surface area (Å²) >= 11 is 0. The van der Waals surface area contributed by atoms with Gasteiger partial charge in [-0.05, 0) is 38.8 Å². The first-order valence-corrected chi connectivity index (χ1v) is 8.74. The molecule has 0 fully saturated rings. The molecule has 0 unspecified atom stereocenters. The molecule has 0 spiro atoms. The third kappa shape index (κ3) is 14.5. The molecule has 1 amide bonds. The van der Waals surface area contributed by atoms with E-state index in [-0.39, 0.29) is 7.43 Å². The average molecular weight is 355 g/mol. The molecule has 0 bridgehead atoms. The van der Waals surface area contributed by atoms with Crippen LogP contribution in [0.4, 0.5) is 4.79 Å². The standard InChI is InChI=1S/C17H28N2O3.C2H6.CH4/c1-5-21-11-10-18-12-14-6-8-15(9-7-14)13-19-16(20)22-17(2,3)4;1-2;/h6-9,18H,5,10-13H2,1-4H3,(H,19,20);1-2H3;1H4. The fraction of sp³-hybridized carbons (Fsp3) is 0.650. The van der Waals surface area contributed by atoms with Crippen LogP contribution >= 0.6 is 0 Å². The molecular weight excluding hydrogens is 316 g/mol. The highest BCUT2D eigenvalue weighted by Crippen LogP contribution is 2.08. The molecule has 0 atom stereocenters. The number of rotatable bonds is 8. The van der Waals surface area contributed by atoms with Crippen LogP contribution in [0.3, 0.4) is 0 Å². The smallest absolute Gasteiger partial charge is 0.407 e. The number of alkyl carbamates (subject to hydrolysis) is 1. The summed E-state index contributed by atoms with van der Waals surface area (Å²) in [7, 11) is 0. The van der Waals surface area contributed by atoms with Crippen LogP contribution in [0.5, 0.6) is 0 Å². The third-order valence-electron chi connectivity index (χ3n) is 2.82. The Kier molecular flexibility index (Phi) is 15.1. The Morgan fingerprint density at radius 3 is 2.04 bits per heavy atom. The highest BCUT2D eigenvalue weighted by atomic mass is 16.6. The largest absolute Gasteiger partial charge is 0.444 e. The van der Waals surface area contributed by atoms with Gasteiger partial charge in [-0.2, -0.15) is 0 Å². The molecule has 146 valence electrons. The van der Waals surface area contributed by atoms with Crippen LogP contribution in [-0.4, -0.2) is 31.5 Å². The van der Waals surface area contributed by atoms with E-state index in [1.54, 1.807) is 0 Å². The van der Waals surface area contributed by atoms with Crippen LogP contribution in [-0.2, 0) is 22.6 Å². The van der Waals surface area contributed by atoms with Gasteiger partial charge < -0.3 is 20.1 Å². The second-order valence-corrected chi connectivity index (χ2v) is 6.05. The van der Waals surface area contributed by atoms with Crippen LogP contribution in [0.15, 0.2) is 24.3 Å². The van der Waals surface area contributed by atoms with E-state index in [1.807, 2.05) is 53.7 Å². The fourth-order valence-corrected chi connectivity index (χ4v) is 1.78. The summed E-state index contributed by atoms with van der Waals surface area (Å²) in [6, 6.07) is 8.13. The van der Waals surface area contributed by atoms with Crippen molar-refractivity contribution in [2.45, 2.75) is 67.7 Å². The van der Waals surface area contributed by atoms with Crippen molar-refractivity contribution >= 4 is 6.09 Å². The summed E-state index contributed by atoms with van der Waals surface area (Å²) in [4.78, 5) is 11.6. The fourth-order valence-electron chi connectivity index (χ4n) is 1.78. The molecule has 1 rings (SSSR count). The van der Waals surface area contributed by atoms with E-state index < -0.39 is 11.7 Å². The number of nitrogens with one attached hydrogen (secondary N) is 2. The Balaban J connectivity index is 0. The molecule has 0 aliphatic rings. The minimum atomic E-state index is -0.471. The topological polar surface area (TPSA) is 59.6 Å². The van der Waals surface area contributed by atoms with Crippen LogP contribution in [0.25, 0.3) is 0 Å². The van der Waals surface area contributed by atoms with Crippen LogP contribution in [0, 0.1) is 0 Å². The maximum absolute atomic E-state index is 11.6. The molecule has 5 nitrogen and oxygen atoms in total. The maximum Gasteiger partial charge on any atom is 0.407 e. The molecule has 0 aliphatic carbocycles. The summed E-state index contributed by atoms with van der Waals surface area (Å²) < 4.78 is 10.5. The van der Waals surface area contributed by atoms with Crippen molar-refractivity contribution in [3.8, 4) is 0 Å². The van der Waals surface area contributed by atoms with Gasteiger partial charge in [-0.15, -0.1) is 0 Å². The summed E-state index contributed by atoms with van der Waals surface area (Å²) in [6.45, 7) is 15.1. The van der Waals surface area contributed by atoms with E-state index in [0.29, 0.717) is 6.54 Å². The summed E-state index contributed by atoms with van der Waals surface area (Å²) in [5, 5.41) is 6.07. The first kappa shape index (κ1) is 25.6. The van der Waals surface area contributed by atoms with E-state index in [9.17, 15) is 4.79 Å². The molecule has 0 aliphatic heterocycles. The SMILES string of the molecule is C.CC.CCOCCNCc1ccc(CNC(=O)OC(C)(C)C)cc1. The Morgan fingerprint density at radius 1 is 1.04 bits per heavy atom. The highest BCUT2D eigenvalue weighted by Gasteiger charge is 2.15. The van der Waals surface area contributed by atoms with Crippen molar-refractivity contribution in [1.82, 2.24) is 10.6 Å². The molecule has 0 aromatic heterocycles. The second-order valence-electron chi connectivity index (χ2n) is 6.05. The maximum atomic E-state index is 11.6. The quantitative estimate of drug-likeness (QED) is 0.675. The second kappa shape index (κ2) is 14.7. The van der Waals surface area contributed by atoms with E-state index in [2.05, 4.69) is 22.8 Å². The average Bonchev–Trinajstić information content (AvgIpc) is 2.54. The van der Waals surface area contributed by atoms with Crippen LogP contribution in [0.1, 0.15) is 60.1 Å². The number of ether oxygens (including phenoxy) is 2. The number of amides is 1. The zero-order chi connectivity index (χ0) is 18.4. The lowest BCUT2D eigenvalue weighted by Gasteiger charge is -2.19. The summed E-state index contributed by atoms with van der Waals surface area (Å²) in [5.41, 5.74) is 1.78. The number of carbonyl (C=O) groups is 1. The van der Waals surface area contributed by atoms with Gasteiger partial charge in [0.15, 0.2) is 0 Å². The minimum absolute atomic E-state index is 0. The zero-order valence-corrected chi connectivity index (χ0v) is 16.1. The van der Waals surface area contributed by atoms with Crippen molar-refractivity contribution in [3.05, 3.63) is 35.4 Å². The molecule has 0 heterocycles. The predicted octanol–water partition coefficient (Wildman–Crippen LogP) is 4.50. The van der Waals surface area contributed by atoms with Crippen molar-refractivity contribution in [1.29, 1.82) is 0 Å². The Hall–Kier alpha value is -1.59. The Bertz CT molecular complexity index is 439. The molecule has 25 heavy (non-hydrogen) atoms. The van der Waals surface area contributed by atoms with Gasteiger partial charge in [0.05, 0.1) is 6.61 Å². The minimum Gasteiger partial charge on any atom is -0.444 e. The predicted molar refractivity (Wildman–Crippen MR) is 106 cm³/mol. The lowest BCUT2D eigenvalue weighted by atomic mass is 10.1. The summed E-state index contributed by atoms with van der Waals surface area (Å²) in [5.74, 6) is 0. The van der Waals surface area contributed by atoms with Gasteiger partial charge in [-0.3, -0.25) is 0 Å². The molecule has 2 N–H and O–H groups in total. The Morgan fingerprint density at radius 2 is 1.56 bits per heavy atom. The van der Waals surface area contributed by atoms with E-state index >= 15 is 0 Å². The first-order chi connectivity index (χ1) is 11.4. The number of benzene rings is 1. The van der Waals surface area contributed by atoms with Gasteiger partial charge in [0, 0.05) is 26.2 Å². The summed E-state index contributed by atoms with van der Waals surface area (Å²) in [6.07, 6.45) is -0.394. The van der Waals surface area contributed by atoms with Crippen molar-refractivity contribution < 1.29 is 14.3 Å². The van der Waals surface area contributed by atoms with Gasteiger partial charge in [-0.1, -0.05) is 45.5 Å². The molecule has 1 aromatic rings. The van der Waals surface area contributed by atoms with E-state index in [1.165, 1.54) is 5.56 Å².